The highest BCUT2D eigenvalue weighted by Gasteiger charge is 2.41. The quantitative estimate of drug-likeness (QED) is 0.671. The number of nitrogens with one attached hydrogen (secondary N) is 1. The predicted octanol–water partition coefficient (Wildman–Crippen LogP) is 4.19. The first-order chi connectivity index (χ1) is 13.5. The van der Waals surface area contributed by atoms with E-state index < -0.39 is 0 Å². The van der Waals surface area contributed by atoms with Crippen molar-refractivity contribution in [1.82, 2.24) is 10.2 Å². The largest absolute Gasteiger partial charge is 0.463 e. The Morgan fingerprint density at radius 1 is 1.39 bits per heavy atom. The van der Waals surface area contributed by atoms with Gasteiger partial charge in [-0.2, -0.15) is 0 Å². The number of hydrogen-bond donors (Lipinski definition) is 1. The Morgan fingerprint density at radius 2 is 2.18 bits per heavy atom. The van der Waals surface area contributed by atoms with Gasteiger partial charge in [-0.3, -0.25) is 4.79 Å². The van der Waals surface area contributed by atoms with Gasteiger partial charge in [0.1, 0.15) is 6.04 Å². The van der Waals surface area contributed by atoms with Crippen LogP contribution < -0.4 is 5.32 Å². The molecule has 0 saturated carbocycles. The Hall–Kier alpha value is -2.06. The average Bonchev–Trinajstić information content (AvgIpc) is 3.31. The Morgan fingerprint density at radius 3 is 2.82 bits per heavy atom. The van der Waals surface area contributed by atoms with E-state index in [0.717, 1.165) is 22.2 Å². The molecular formula is C20H25N3O3S2. The van der Waals surface area contributed by atoms with E-state index in [2.05, 4.69) is 10.3 Å². The molecule has 0 fully saturated rings. The van der Waals surface area contributed by atoms with Crippen LogP contribution in [0.4, 0.5) is 0 Å². The Kier molecular flexibility index (Phi) is 6.61. The highest BCUT2D eigenvalue weighted by molar-refractivity contribution is 8.16. The Bertz CT molecular complexity index is 843. The Labute approximate surface area is 173 Å². The molecule has 1 aromatic rings. The van der Waals surface area contributed by atoms with Crippen LogP contribution in [0, 0.1) is 0 Å². The van der Waals surface area contributed by atoms with Crippen molar-refractivity contribution < 1.29 is 14.3 Å². The van der Waals surface area contributed by atoms with Crippen LogP contribution in [0.2, 0.25) is 0 Å². The minimum absolute atomic E-state index is 0.0312. The highest BCUT2D eigenvalue weighted by atomic mass is 32.2. The van der Waals surface area contributed by atoms with Crippen molar-refractivity contribution in [1.29, 1.82) is 0 Å². The van der Waals surface area contributed by atoms with Crippen LogP contribution in [0.3, 0.4) is 0 Å². The summed E-state index contributed by atoms with van der Waals surface area (Å²) in [5.41, 5.74) is 2.04. The van der Waals surface area contributed by atoms with Crippen molar-refractivity contribution >= 4 is 40.1 Å². The number of carbonyl (C=O) groups excluding carboxylic acids is 2. The van der Waals surface area contributed by atoms with Gasteiger partial charge in [0, 0.05) is 16.6 Å². The number of fused-ring (bicyclic) bond motifs is 1. The lowest BCUT2D eigenvalue weighted by atomic mass is 9.99. The summed E-state index contributed by atoms with van der Waals surface area (Å²) in [5, 5.41) is 7.74. The first-order valence-corrected chi connectivity index (χ1v) is 11.2. The molecule has 1 amide bonds. The van der Waals surface area contributed by atoms with Gasteiger partial charge in [-0.15, -0.1) is 11.3 Å². The number of aliphatic imine (C=N–C) groups is 1. The third-order valence-corrected chi connectivity index (χ3v) is 6.48. The lowest BCUT2D eigenvalue weighted by Crippen LogP contribution is -2.38. The predicted molar refractivity (Wildman–Crippen MR) is 114 cm³/mol. The van der Waals surface area contributed by atoms with E-state index in [1.54, 1.807) is 18.3 Å². The first kappa shape index (κ1) is 20.7. The fraction of sp³-hybridized carbons (Fsp3) is 0.450. The first-order valence-electron chi connectivity index (χ1n) is 9.40. The summed E-state index contributed by atoms with van der Waals surface area (Å²) in [7, 11) is 0. The Balaban J connectivity index is 1.94. The van der Waals surface area contributed by atoms with E-state index >= 15 is 0 Å². The van der Waals surface area contributed by atoms with Crippen LogP contribution >= 0.6 is 23.1 Å². The summed E-state index contributed by atoms with van der Waals surface area (Å²) in [6.45, 7) is 7.96. The second kappa shape index (κ2) is 8.96. The third kappa shape index (κ3) is 4.17. The molecule has 8 heteroatoms. The summed E-state index contributed by atoms with van der Waals surface area (Å²) in [5.74, 6) is -0.391. The number of ether oxygens (including phenoxy) is 1. The maximum atomic E-state index is 12.7. The third-order valence-electron chi connectivity index (χ3n) is 4.67. The van der Waals surface area contributed by atoms with Crippen LogP contribution in [0.1, 0.15) is 51.5 Å². The van der Waals surface area contributed by atoms with Gasteiger partial charge in [-0.05, 0) is 44.0 Å². The van der Waals surface area contributed by atoms with E-state index in [-0.39, 0.29) is 30.4 Å². The molecule has 0 bridgehead atoms. The molecule has 0 saturated heterocycles. The fourth-order valence-corrected chi connectivity index (χ4v) is 4.94. The molecule has 3 heterocycles. The second-order valence-electron chi connectivity index (χ2n) is 6.68. The number of amidine groups is 1. The summed E-state index contributed by atoms with van der Waals surface area (Å²) >= 11 is 3.06. The van der Waals surface area contributed by atoms with Crippen molar-refractivity contribution in [2.75, 3.05) is 6.61 Å². The van der Waals surface area contributed by atoms with Gasteiger partial charge < -0.3 is 15.0 Å². The molecule has 6 nitrogen and oxygen atoms in total. The van der Waals surface area contributed by atoms with Crippen molar-refractivity contribution in [2.45, 2.75) is 52.6 Å². The van der Waals surface area contributed by atoms with Gasteiger partial charge in [0.25, 0.3) is 0 Å². The van der Waals surface area contributed by atoms with Gasteiger partial charge in [0.2, 0.25) is 5.91 Å². The van der Waals surface area contributed by atoms with E-state index in [4.69, 9.17) is 4.74 Å². The second-order valence-corrected chi connectivity index (χ2v) is 8.50. The average molecular weight is 420 g/mol. The van der Waals surface area contributed by atoms with E-state index in [0.29, 0.717) is 17.9 Å². The van der Waals surface area contributed by atoms with Crippen molar-refractivity contribution in [3.05, 3.63) is 44.8 Å². The maximum absolute atomic E-state index is 12.7. The van der Waals surface area contributed by atoms with E-state index in [1.165, 1.54) is 11.8 Å². The number of rotatable bonds is 7. The minimum atomic E-state index is -0.360. The molecule has 0 aliphatic carbocycles. The smallest absolute Gasteiger partial charge is 0.338 e. The van der Waals surface area contributed by atoms with Crippen LogP contribution in [-0.2, 0) is 14.3 Å². The summed E-state index contributed by atoms with van der Waals surface area (Å²) in [6, 6.07) is 3.77. The minimum Gasteiger partial charge on any atom is -0.463 e. The van der Waals surface area contributed by atoms with E-state index in [1.807, 2.05) is 48.6 Å². The van der Waals surface area contributed by atoms with E-state index in [9.17, 15) is 9.59 Å². The van der Waals surface area contributed by atoms with Gasteiger partial charge in [-0.1, -0.05) is 24.8 Å². The molecule has 1 aromatic heterocycles. The number of carbonyl (C=O) groups is 2. The zero-order valence-corrected chi connectivity index (χ0v) is 18.2. The van der Waals surface area contributed by atoms with Crippen LogP contribution in [0.25, 0.3) is 0 Å². The topological polar surface area (TPSA) is 71.0 Å². The van der Waals surface area contributed by atoms with Gasteiger partial charge in [0.05, 0.1) is 24.3 Å². The maximum Gasteiger partial charge on any atom is 0.338 e. The monoisotopic (exact) mass is 419 g/mol. The lowest BCUT2D eigenvalue weighted by Gasteiger charge is -2.35. The summed E-state index contributed by atoms with van der Waals surface area (Å²) in [6.07, 6.45) is 1.12. The molecule has 0 unspecified atom stereocenters. The molecule has 2 atom stereocenters. The lowest BCUT2D eigenvalue weighted by molar-refractivity contribution is -0.139. The normalized spacial score (nSPS) is 19.7. The highest BCUT2D eigenvalue weighted by Crippen LogP contribution is 2.45. The number of thioether (sulfide) groups is 1. The number of esters is 1. The molecule has 0 radical (unpaired) electrons. The van der Waals surface area contributed by atoms with Gasteiger partial charge in [-0.25, -0.2) is 9.79 Å². The van der Waals surface area contributed by atoms with Crippen molar-refractivity contribution in [3.63, 3.8) is 0 Å². The molecule has 1 N–H and O–H groups in total. The van der Waals surface area contributed by atoms with Crippen molar-refractivity contribution in [2.24, 2.45) is 4.99 Å². The summed E-state index contributed by atoms with van der Waals surface area (Å²) < 4.78 is 5.32. The molecule has 28 heavy (non-hydrogen) atoms. The molecule has 0 aromatic carbocycles. The molecule has 3 rings (SSSR count). The SMILES string of the molecule is CCOC(=O)C1=C(C)N=C2SC=C(CC(=O)N[C@@H](C)CC)N2[C@@H]1c1cccs1. The molecule has 150 valence electrons. The molecular weight excluding hydrogens is 394 g/mol. The number of nitrogens with zero attached hydrogens (tertiary/aromatic N) is 2. The van der Waals surface area contributed by atoms with Crippen molar-refractivity contribution in [3.8, 4) is 0 Å². The molecule has 2 aliphatic rings. The fourth-order valence-electron chi connectivity index (χ4n) is 3.15. The summed E-state index contributed by atoms with van der Waals surface area (Å²) in [4.78, 5) is 32.9. The zero-order chi connectivity index (χ0) is 20.3. The van der Waals surface area contributed by atoms with Crippen LogP contribution in [0.5, 0.6) is 0 Å². The molecule has 2 aliphatic heterocycles. The number of hydrogen-bond acceptors (Lipinski definition) is 7. The zero-order valence-electron chi connectivity index (χ0n) is 16.5. The van der Waals surface area contributed by atoms with Crippen LogP contribution in [0.15, 0.2) is 44.9 Å². The number of allylic oxidation sites excluding steroid dienone is 1. The standard InChI is InChI=1S/C20H25N3O3S2/c1-5-12(3)21-16(24)10-14-11-28-20-22-13(4)17(19(25)26-6-2)18(23(14)20)15-8-7-9-27-15/h7-9,11-12,18H,5-6,10H2,1-4H3,(H,21,24)/t12-,18+/m0/s1. The molecule has 0 spiro atoms. The van der Waals surface area contributed by atoms with Crippen LogP contribution in [-0.4, -0.2) is 34.6 Å². The number of amides is 1. The van der Waals surface area contributed by atoms with Gasteiger partial charge in [0.15, 0.2) is 5.17 Å². The van der Waals surface area contributed by atoms with Gasteiger partial charge >= 0.3 is 5.97 Å². The number of thiophene rings is 1.